The molecule has 1 heterocycles. The number of halogens is 1. The predicted molar refractivity (Wildman–Crippen MR) is 98.6 cm³/mol. The Kier molecular flexibility index (Phi) is 6.51. The second kappa shape index (κ2) is 8.14. The summed E-state index contributed by atoms with van der Waals surface area (Å²) in [6.45, 7) is 4.57. The highest BCUT2D eigenvalue weighted by atomic mass is 35.5. The van der Waals surface area contributed by atoms with E-state index in [0.29, 0.717) is 5.02 Å². The highest BCUT2D eigenvalue weighted by Crippen LogP contribution is 2.28. The second-order valence-electron chi connectivity index (χ2n) is 7.34. The number of carbonyl (C=O) groups excluding carboxylic acids is 2. The molecule has 2 atom stereocenters. The minimum Gasteiger partial charge on any atom is -0.454 e. The van der Waals surface area contributed by atoms with E-state index in [-0.39, 0.29) is 17.9 Å². The summed E-state index contributed by atoms with van der Waals surface area (Å²) in [5, 5.41) is 12.9. The molecule has 1 aromatic rings. The first-order valence-corrected chi connectivity index (χ1v) is 10.1. The summed E-state index contributed by atoms with van der Waals surface area (Å²) in [5.41, 5.74) is -0.489. The van der Waals surface area contributed by atoms with Crippen LogP contribution in [0.3, 0.4) is 0 Å². The fourth-order valence-electron chi connectivity index (χ4n) is 2.69. The Morgan fingerprint density at radius 1 is 1.30 bits per heavy atom. The molecule has 1 fully saturated rings. The van der Waals surface area contributed by atoms with Gasteiger partial charge in [-0.15, -0.1) is 0 Å². The largest absolute Gasteiger partial charge is 0.454 e. The van der Waals surface area contributed by atoms with Crippen LogP contribution in [0.25, 0.3) is 0 Å². The minimum absolute atomic E-state index is 0.0516. The van der Waals surface area contributed by atoms with Gasteiger partial charge in [0, 0.05) is 23.5 Å². The first kappa shape index (κ1) is 21.6. The maximum atomic E-state index is 12.8. The van der Waals surface area contributed by atoms with Crippen LogP contribution in [0.5, 0.6) is 0 Å². The number of aliphatic hydroxyl groups excluding tert-OH is 1. The van der Waals surface area contributed by atoms with Crippen molar-refractivity contribution in [2.45, 2.75) is 49.8 Å². The molecule has 0 saturated carbocycles. The van der Waals surface area contributed by atoms with Crippen molar-refractivity contribution in [2.24, 2.45) is 0 Å². The van der Waals surface area contributed by atoms with E-state index in [4.69, 9.17) is 16.3 Å². The Morgan fingerprint density at radius 3 is 2.44 bits per heavy atom. The quantitative estimate of drug-likeness (QED) is 0.687. The third kappa shape index (κ3) is 5.65. The van der Waals surface area contributed by atoms with Crippen LogP contribution in [0.1, 0.15) is 27.2 Å². The number of aliphatic hydroxyl groups is 1. The van der Waals surface area contributed by atoms with Crippen LogP contribution in [0, 0.1) is 0 Å². The van der Waals surface area contributed by atoms with Crippen molar-refractivity contribution < 1.29 is 27.9 Å². The number of esters is 1. The number of rotatable bonds is 5. The molecule has 1 aliphatic rings. The van der Waals surface area contributed by atoms with E-state index in [1.54, 1.807) is 20.8 Å². The van der Waals surface area contributed by atoms with Gasteiger partial charge in [0.05, 0.1) is 11.0 Å². The smallest absolute Gasteiger partial charge is 0.325 e. The van der Waals surface area contributed by atoms with Gasteiger partial charge >= 0.3 is 5.97 Å². The summed E-state index contributed by atoms with van der Waals surface area (Å²) >= 11 is 5.78. The van der Waals surface area contributed by atoms with Gasteiger partial charge in [0.25, 0.3) is 5.91 Å². The molecule has 1 aromatic carbocycles. The maximum Gasteiger partial charge on any atom is 0.325 e. The molecular formula is C17H23ClN2O6S. The maximum absolute atomic E-state index is 12.8. The molecule has 0 aliphatic carbocycles. The third-order valence-corrected chi connectivity index (χ3v) is 5.93. The Labute approximate surface area is 163 Å². The van der Waals surface area contributed by atoms with E-state index >= 15 is 0 Å². The average Bonchev–Trinajstić information content (AvgIpc) is 2.94. The zero-order valence-corrected chi connectivity index (χ0v) is 16.9. The number of benzene rings is 1. The molecule has 0 radical (unpaired) electrons. The van der Waals surface area contributed by atoms with Crippen molar-refractivity contribution in [3.8, 4) is 0 Å². The predicted octanol–water partition coefficient (Wildman–Crippen LogP) is 0.922. The van der Waals surface area contributed by atoms with E-state index < -0.39 is 46.2 Å². The number of β-amino-alcohol motifs (C(OH)–C–C–N with tert-alkyl or cyclic N) is 1. The highest BCUT2D eigenvalue weighted by molar-refractivity contribution is 7.89. The molecular weight excluding hydrogens is 396 g/mol. The van der Waals surface area contributed by atoms with Crippen molar-refractivity contribution in [2.75, 3.05) is 13.2 Å². The summed E-state index contributed by atoms with van der Waals surface area (Å²) in [5.74, 6) is -1.38. The van der Waals surface area contributed by atoms with Crippen LogP contribution in [0.4, 0.5) is 0 Å². The topological polar surface area (TPSA) is 113 Å². The molecule has 150 valence electrons. The first-order valence-electron chi connectivity index (χ1n) is 8.33. The number of nitrogens with zero attached hydrogens (tertiary/aromatic N) is 1. The van der Waals surface area contributed by atoms with Gasteiger partial charge in [-0.05, 0) is 45.0 Å². The molecule has 1 amide bonds. The van der Waals surface area contributed by atoms with Crippen molar-refractivity contribution >= 4 is 33.5 Å². The van der Waals surface area contributed by atoms with E-state index in [1.165, 1.54) is 24.3 Å². The van der Waals surface area contributed by atoms with Gasteiger partial charge < -0.3 is 15.2 Å². The van der Waals surface area contributed by atoms with Gasteiger partial charge in [-0.25, -0.2) is 8.42 Å². The molecule has 0 aromatic heterocycles. The molecule has 27 heavy (non-hydrogen) atoms. The van der Waals surface area contributed by atoms with Crippen LogP contribution in [-0.4, -0.2) is 60.5 Å². The normalized spacial score (nSPS) is 21.1. The Bertz CT molecular complexity index is 804. The lowest BCUT2D eigenvalue weighted by Crippen LogP contribution is -2.45. The van der Waals surface area contributed by atoms with Gasteiger partial charge in [-0.3, -0.25) is 9.59 Å². The number of hydrogen-bond donors (Lipinski definition) is 2. The van der Waals surface area contributed by atoms with Crippen LogP contribution in [-0.2, 0) is 24.3 Å². The molecule has 2 N–H and O–H groups in total. The molecule has 0 spiro atoms. The number of sulfonamides is 1. The van der Waals surface area contributed by atoms with Crippen LogP contribution < -0.4 is 5.32 Å². The Hall–Kier alpha value is -1.68. The summed E-state index contributed by atoms with van der Waals surface area (Å²) < 4.78 is 31.5. The zero-order valence-electron chi connectivity index (χ0n) is 15.3. The van der Waals surface area contributed by atoms with E-state index in [1.807, 2.05) is 0 Å². The Balaban J connectivity index is 2.12. The summed E-state index contributed by atoms with van der Waals surface area (Å²) in [7, 11) is -4.04. The summed E-state index contributed by atoms with van der Waals surface area (Å²) in [6.07, 6.45) is -1.11. The molecule has 8 nitrogen and oxygen atoms in total. The van der Waals surface area contributed by atoms with Gasteiger partial charge in [0.15, 0.2) is 6.61 Å². The minimum atomic E-state index is -4.04. The molecule has 10 heteroatoms. The number of hydrogen-bond acceptors (Lipinski definition) is 6. The molecule has 0 unspecified atom stereocenters. The molecule has 0 bridgehead atoms. The Morgan fingerprint density at radius 2 is 1.89 bits per heavy atom. The number of amides is 1. The first-order chi connectivity index (χ1) is 12.4. The number of ether oxygens (including phenoxy) is 1. The van der Waals surface area contributed by atoms with Crippen molar-refractivity contribution in [3.05, 3.63) is 29.3 Å². The number of carbonyl (C=O) groups is 2. The molecule has 2 rings (SSSR count). The van der Waals surface area contributed by atoms with Crippen LogP contribution in [0.15, 0.2) is 29.2 Å². The lowest BCUT2D eigenvalue weighted by Gasteiger charge is -2.23. The van der Waals surface area contributed by atoms with Crippen LogP contribution >= 0.6 is 11.6 Å². The van der Waals surface area contributed by atoms with Crippen molar-refractivity contribution in [3.63, 3.8) is 0 Å². The van der Waals surface area contributed by atoms with E-state index in [9.17, 15) is 23.1 Å². The molecule has 1 saturated heterocycles. The second-order valence-corrected chi connectivity index (χ2v) is 9.67. The van der Waals surface area contributed by atoms with Gasteiger partial charge in [-0.2, -0.15) is 4.31 Å². The van der Waals surface area contributed by atoms with Crippen molar-refractivity contribution in [1.82, 2.24) is 9.62 Å². The fourth-order valence-corrected chi connectivity index (χ4v) is 4.45. The van der Waals surface area contributed by atoms with Crippen molar-refractivity contribution in [1.29, 1.82) is 0 Å². The standard InChI is InChI=1S/C17H23ClN2O6S/c1-17(2,3)19-15(22)10-26-16(23)14-8-12(21)9-20(14)27(24,25)13-6-4-11(18)5-7-13/h4-7,12,14,21H,8-10H2,1-3H3,(H,19,22)/t12-,14+/m1/s1. The lowest BCUT2D eigenvalue weighted by molar-refractivity contribution is -0.152. The highest BCUT2D eigenvalue weighted by Gasteiger charge is 2.44. The summed E-state index contributed by atoms with van der Waals surface area (Å²) in [4.78, 5) is 24.1. The van der Waals surface area contributed by atoms with E-state index in [0.717, 1.165) is 4.31 Å². The summed E-state index contributed by atoms with van der Waals surface area (Å²) in [6, 6.07) is 4.28. The van der Waals surface area contributed by atoms with Gasteiger partial charge in [0.2, 0.25) is 10.0 Å². The number of nitrogens with one attached hydrogen (secondary N) is 1. The molecule has 1 aliphatic heterocycles. The third-order valence-electron chi connectivity index (χ3n) is 3.79. The van der Waals surface area contributed by atoms with E-state index in [2.05, 4.69) is 5.32 Å². The lowest BCUT2D eigenvalue weighted by atomic mass is 10.1. The van der Waals surface area contributed by atoms with Crippen LogP contribution in [0.2, 0.25) is 5.02 Å². The SMILES string of the molecule is CC(C)(C)NC(=O)COC(=O)[C@@H]1C[C@@H](O)CN1S(=O)(=O)c1ccc(Cl)cc1. The van der Waals surface area contributed by atoms with Gasteiger partial charge in [0.1, 0.15) is 6.04 Å². The van der Waals surface area contributed by atoms with Gasteiger partial charge in [-0.1, -0.05) is 11.6 Å². The zero-order chi connectivity index (χ0) is 20.4. The average molecular weight is 419 g/mol. The fraction of sp³-hybridized carbons (Fsp3) is 0.529. The monoisotopic (exact) mass is 418 g/mol.